The molecule has 0 fully saturated rings. The molecule has 0 bridgehead atoms. The number of aliphatic hydroxyl groups excluding tert-OH is 2. The molecule has 1 rings (SSSR count). The van der Waals surface area contributed by atoms with Gasteiger partial charge in [-0.2, -0.15) is 13.2 Å². The molecule has 0 aliphatic rings. The fourth-order valence-electron chi connectivity index (χ4n) is 2.22. The number of benzene rings is 1. The first-order valence-electron chi connectivity index (χ1n) is 6.68. The van der Waals surface area contributed by atoms with Crippen molar-refractivity contribution in [3.8, 4) is 0 Å². The lowest BCUT2D eigenvalue weighted by molar-refractivity contribution is -0.137. The molecule has 0 amide bonds. The lowest BCUT2D eigenvalue weighted by atomic mass is 9.86. The van der Waals surface area contributed by atoms with E-state index in [1.54, 1.807) is 6.07 Å². The maximum absolute atomic E-state index is 12.8. The van der Waals surface area contributed by atoms with Crippen molar-refractivity contribution in [3.05, 3.63) is 35.4 Å². The molecule has 1 aromatic rings. The van der Waals surface area contributed by atoms with E-state index < -0.39 is 23.8 Å². The van der Waals surface area contributed by atoms with Crippen molar-refractivity contribution in [3.63, 3.8) is 0 Å². The maximum Gasteiger partial charge on any atom is 0.416 e. The summed E-state index contributed by atoms with van der Waals surface area (Å²) in [5.41, 5.74) is 11.1. The second kappa shape index (κ2) is 7.74. The molecule has 4 nitrogen and oxygen atoms in total. The van der Waals surface area contributed by atoms with Gasteiger partial charge >= 0.3 is 6.18 Å². The van der Waals surface area contributed by atoms with Gasteiger partial charge in [-0.05, 0) is 30.4 Å². The third-order valence-electron chi connectivity index (χ3n) is 3.33. The van der Waals surface area contributed by atoms with E-state index in [4.69, 9.17) is 21.7 Å². The predicted octanol–water partition coefficient (Wildman–Crippen LogP) is 1.21. The normalized spacial score (nSPS) is 16.5. The molecule has 0 heterocycles. The number of halogens is 3. The second-order valence-electron chi connectivity index (χ2n) is 5.18. The van der Waals surface area contributed by atoms with Gasteiger partial charge in [-0.1, -0.05) is 18.2 Å². The van der Waals surface area contributed by atoms with Crippen LogP contribution in [0.1, 0.15) is 29.9 Å². The Morgan fingerprint density at radius 2 is 1.52 bits per heavy atom. The van der Waals surface area contributed by atoms with Crippen molar-refractivity contribution in [2.45, 2.75) is 37.0 Å². The minimum absolute atomic E-state index is 0.260. The van der Waals surface area contributed by atoms with Gasteiger partial charge < -0.3 is 21.7 Å². The third kappa shape index (κ3) is 5.62. The van der Waals surface area contributed by atoms with E-state index in [9.17, 15) is 13.2 Å². The topological polar surface area (TPSA) is 92.5 Å². The molecular formula is C14H21F3N2O2. The number of hydrogen-bond acceptors (Lipinski definition) is 4. The van der Waals surface area contributed by atoms with Gasteiger partial charge in [0.15, 0.2) is 0 Å². The van der Waals surface area contributed by atoms with E-state index in [2.05, 4.69) is 0 Å². The van der Waals surface area contributed by atoms with Crippen molar-refractivity contribution < 1.29 is 23.4 Å². The molecule has 7 heteroatoms. The summed E-state index contributed by atoms with van der Waals surface area (Å²) in [5.74, 6) is -0.350. The van der Waals surface area contributed by atoms with Crippen LogP contribution in [0.4, 0.5) is 13.2 Å². The molecule has 120 valence electrons. The quantitative estimate of drug-likeness (QED) is 0.609. The summed E-state index contributed by atoms with van der Waals surface area (Å²) in [4.78, 5) is 0. The van der Waals surface area contributed by atoms with Gasteiger partial charge in [0, 0.05) is 12.1 Å². The molecule has 0 saturated heterocycles. The Bertz CT molecular complexity index is 428. The SMILES string of the molecule is NC(CO)CC(CC(N)CO)c1cccc(C(F)(F)F)c1. The molecule has 2 unspecified atom stereocenters. The summed E-state index contributed by atoms with van der Waals surface area (Å²) in [6.07, 6.45) is -3.82. The zero-order valence-electron chi connectivity index (χ0n) is 11.6. The molecule has 0 spiro atoms. The van der Waals surface area contributed by atoms with Crippen LogP contribution in [-0.4, -0.2) is 35.5 Å². The molecule has 0 aromatic heterocycles. The Kier molecular flexibility index (Phi) is 6.60. The van der Waals surface area contributed by atoms with Crippen LogP contribution in [-0.2, 0) is 6.18 Å². The molecule has 0 radical (unpaired) electrons. The van der Waals surface area contributed by atoms with E-state index in [1.165, 1.54) is 6.07 Å². The van der Waals surface area contributed by atoms with Gasteiger partial charge in [-0.25, -0.2) is 0 Å². The maximum atomic E-state index is 12.8. The van der Waals surface area contributed by atoms with Crippen LogP contribution in [0.25, 0.3) is 0 Å². The Labute approximate surface area is 121 Å². The number of nitrogens with two attached hydrogens (primary N) is 2. The molecule has 6 N–H and O–H groups in total. The second-order valence-corrected chi connectivity index (χ2v) is 5.18. The van der Waals surface area contributed by atoms with Crippen molar-refractivity contribution in [1.82, 2.24) is 0 Å². The Hall–Kier alpha value is -1.15. The standard InChI is InChI=1S/C14H21F3N2O2/c15-14(16,17)11-3-1-2-9(4-11)10(5-12(18)7-20)6-13(19)8-21/h1-4,10,12-13,20-21H,5-8,18-19H2. The van der Waals surface area contributed by atoms with Gasteiger partial charge in [0.1, 0.15) is 0 Å². The predicted molar refractivity (Wildman–Crippen MR) is 73.5 cm³/mol. The molecule has 1 aromatic carbocycles. The van der Waals surface area contributed by atoms with E-state index in [0.29, 0.717) is 18.4 Å². The summed E-state index contributed by atoms with van der Waals surface area (Å²) >= 11 is 0. The largest absolute Gasteiger partial charge is 0.416 e. The zero-order valence-corrected chi connectivity index (χ0v) is 11.6. The molecule has 21 heavy (non-hydrogen) atoms. The summed E-state index contributed by atoms with van der Waals surface area (Å²) in [6, 6.07) is 3.89. The van der Waals surface area contributed by atoms with Gasteiger partial charge in [-0.3, -0.25) is 0 Å². The van der Waals surface area contributed by atoms with Crippen LogP contribution in [0.15, 0.2) is 24.3 Å². The Morgan fingerprint density at radius 1 is 1.00 bits per heavy atom. The van der Waals surface area contributed by atoms with E-state index >= 15 is 0 Å². The van der Waals surface area contributed by atoms with Crippen LogP contribution >= 0.6 is 0 Å². The van der Waals surface area contributed by atoms with Gasteiger partial charge in [0.25, 0.3) is 0 Å². The monoisotopic (exact) mass is 306 g/mol. The Balaban J connectivity index is 3.01. The van der Waals surface area contributed by atoms with Gasteiger partial charge in [0.05, 0.1) is 18.8 Å². The average Bonchev–Trinajstić information content (AvgIpc) is 2.45. The minimum Gasteiger partial charge on any atom is -0.395 e. The lowest BCUT2D eigenvalue weighted by Gasteiger charge is -2.23. The van der Waals surface area contributed by atoms with Gasteiger partial charge in [0.2, 0.25) is 0 Å². The van der Waals surface area contributed by atoms with Crippen LogP contribution < -0.4 is 11.5 Å². The zero-order chi connectivity index (χ0) is 16.0. The van der Waals surface area contributed by atoms with Crippen molar-refractivity contribution in [1.29, 1.82) is 0 Å². The smallest absolute Gasteiger partial charge is 0.395 e. The number of aliphatic hydroxyl groups is 2. The summed E-state index contributed by atoms with van der Waals surface area (Å²) in [6.45, 7) is -0.520. The molecular weight excluding hydrogens is 285 g/mol. The van der Waals surface area contributed by atoms with E-state index in [0.717, 1.165) is 12.1 Å². The average molecular weight is 306 g/mol. The number of rotatable bonds is 7. The minimum atomic E-state index is -4.42. The lowest BCUT2D eigenvalue weighted by Crippen LogP contribution is -2.31. The van der Waals surface area contributed by atoms with Crippen molar-refractivity contribution in [2.75, 3.05) is 13.2 Å². The fraction of sp³-hybridized carbons (Fsp3) is 0.571. The van der Waals surface area contributed by atoms with E-state index in [-0.39, 0.29) is 19.1 Å². The van der Waals surface area contributed by atoms with Crippen LogP contribution in [0, 0.1) is 0 Å². The molecule has 0 aliphatic heterocycles. The Morgan fingerprint density at radius 3 is 1.95 bits per heavy atom. The fourth-order valence-corrected chi connectivity index (χ4v) is 2.22. The highest BCUT2D eigenvalue weighted by atomic mass is 19.4. The van der Waals surface area contributed by atoms with E-state index in [1.807, 2.05) is 0 Å². The first kappa shape index (κ1) is 17.9. The van der Waals surface area contributed by atoms with Crippen molar-refractivity contribution in [2.24, 2.45) is 11.5 Å². The summed E-state index contributed by atoms with van der Waals surface area (Å²) in [7, 11) is 0. The van der Waals surface area contributed by atoms with Crippen LogP contribution in [0.2, 0.25) is 0 Å². The third-order valence-corrected chi connectivity index (χ3v) is 3.33. The number of alkyl halides is 3. The van der Waals surface area contributed by atoms with Crippen LogP contribution in [0.5, 0.6) is 0 Å². The number of hydrogen-bond donors (Lipinski definition) is 4. The summed E-state index contributed by atoms with van der Waals surface area (Å²) in [5, 5.41) is 18.0. The molecule has 0 saturated carbocycles. The highest BCUT2D eigenvalue weighted by Gasteiger charge is 2.31. The first-order valence-corrected chi connectivity index (χ1v) is 6.68. The highest BCUT2D eigenvalue weighted by molar-refractivity contribution is 5.28. The van der Waals surface area contributed by atoms with Crippen molar-refractivity contribution >= 4 is 0 Å². The molecule has 2 atom stereocenters. The van der Waals surface area contributed by atoms with Gasteiger partial charge in [-0.15, -0.1) is 0 Å². The summed E-state index contributed by atoms with van der Waals surface area (Å²) < 4.78 is 38.3. The van der Waals surface area contributed by atoms with Crippen LogP contribution in [0.3, 0.4) is 0 Å². The first-order chi connectivity index (χ1) is 9.77. The highest BCUT2D eigenvalue weighted by Crippen LogP contribution is 2.33. The molecule has 0 aliphatic carbocycles.